The molecule has 1 atom stereocenters. The highest BCUT2D eigenvalue weighted by molar-refractivity contribution is 5.77. The van der Waals surface area contributed by atoms with Gasteiger partial charge in [0.1, 0.15) is 11.9 Å². The molecule has 0 radical (unpaired) electrons. The number of ether oxygens (including phenoxy) is 1. The summed E-state index contributed by atoms with van der Waals surface area (Å²) in [6.45, 7) is 10.3. The van der Waals surface area contributed by atoms with Crippen molar-refractivity contribution in [3.05, 3.63) is 29.8 Å². The highest BCUT2D eigenvalue weighted by Gasteiger charge is 2.33. The Kier molecular flexibility index (Phi) is 4.90. The fourth-order valence-corrected chi connectivity index (χ4v) is 3.58. The third-order valence-electron chi connectivity index (χ3n) is 4.90. The second kappa shape index (κ2) is 6.91. The predicted molar refractivity (Wildman–Crippen MR) is 91.6 cm³/mol. The van der Waals surface area contributed by atoms with Crippen LogP contribution in [0.25, 0.3) is 0 Å². The number of hydrogen-bond donors (Lipinski definition) is 0. The minimum atomic E-state index is 0.309. The quantitative estimate of drug-likeness (QED) is 0.837. The molecule has 3 rings (SSSR count). The topological polar surface area (TPSA) is 32.8 Å². The minimum absolute atomic E-state index is 0.309. The Hall–Kier alpha value is -1.55. The third-order valence-corrected chi connectivity index (χ3v) is 4.90. The molecule has 0 spiro atoms. The number of amides is 1. The van der Waals surface area contributed by atoms with E-state index in [1.54, 1.807) is 0 Å². The first kappa shape index (κ1) is 16.3. The zero-order valence-electron chi connectivity index (χ0n) is 14.5. The molecule has 2 aliphatic heterocycles. The normalized spacial score (nSPS) is 23.2. The molecule has 1 unspecified atom stereocenters. The van der Waals surface area contributed by atoms with Gasteiger partial charge in [-0.05, 0) is 50.8 Å². The van der Waals surface area contributed by atoms with Gasteiger partial charge in [-0.3, -0.25) is 9.69 Å². The van der Waals surface area contributed by atoms with Crippen LogP contribution in [-0.2, 0) is 4.79 Å². The molecule has 2 aliphatic rings. The standard InChI is InChI=1S/C19H28N2O2/c1-14(2)21-11-16(7-8-19(21)22)10-20-12-18(13-20)23-17-6-4-5-15(3)9-17/h4-6,9,14,16,18H,7-8,10-13H2,1-3H3. The molecule has 1 amide bonds. The van der Waals surface area contributed by atoms with E-state index in [2.05, 4.69) is 37.8 Å². The lowest BCUT2D eigenvalue weighted by molar-refractivity contribution is -0.137. The molecule has 0 bridgehead atoms. The molecule has 23 heavy (non-hydrogen) atoms. The van der Waals surface area contributed by atoms with E-state index < -0.39 is 0 Å². The lowest BCUT2D eigenvalue weighted by atomic mass is 9.94. The molecular weight excluding hydrogens is 288 g/mol. The van der Waals surface area contributed by atoms with Gasteiger partial charge in [0.25, 0.3) is 0 Å². The van der Waals surface area contributed by atoms with Crippen LogP contribution in [0.15, 0.2) is 24.3 Å². The predicted octanol–water partition coefficient (Wildman–Crippen LogP) is 2.71. The van der Waals surface area contributed by atoms with Crippen LogP contribution < -0.4 is 4.74 Å². The number of nitrogens with zero attached hydrogens (tertiary/aromatic N) is 2. The van der Waals surface area contributed by atoms with Crippen LogP contribution in [0.5, 0.6) is 5.75 Å². The van der Waals surface area contributed by atoms with Crippen LogP contribution in [-0.4, -0.2) is 54.0 Å². The van der Waals surface area contributed by atoms with E-state index in [1.807, 2.05) is 17.0 Å². The molecule has 2 fully saturated rings. The average molecular weight is 316 g/mol. The van der Waals surface area contributed by atoms with Crippen LogP contribution in [0, 0.1) is 12.8 Å². The van der Waals surface area contributed by atoms with Gasteiger partial charge in [-0.15, -0.1) is 0 Å². The second-order valence-electron chi connectivity index (χ2n) is 7.32. The molecule has 0 aromatic heterocycles. The first-order valence-corrected chi connectivity index (χ1v) is 8.76. The summed E-state index contributed by atoms with van der Waals surface area (Å²) in [7, 11) is 0. The zero-order valence-corrected chi connectivity index (χ0v) is 14.5. The van der Waals surface area contributed by atoms with Crippen molar-refractivity contribution in [2.24, 2.45) is 5.92 Å². The van der Waals surface area contributed by atoms with Crippen LogP contribution in [0.4, 0.5) is 0 Å². The Morgan fingerprint density at radius 1 is 1.26 bits per heavy atom. The van der Waals surface area contributed by atoms with Crippen molar-refractivity contribution in [1.29, 1.82) is 0 Å². The number of likely N-dealkylation sites (tertiary alicyclic amines) is 2. The van der Waals surface area contributed by atoms with E-state index in [4.69, 9.17) is 4.74 Å². The summed E-state index contributed by atoms with van der Waals surface area (Å²) in [5, 5.41) is 0. The van der Waals surface area contributed by atoms with E-state index in [1.165, 1.54) is 5.56 Å². The van der Waals surface area contributed by atoms with Crippen molar-refractivity contribution < 1.29 is 9.53 Å². The number of carbonyl (C=O) groups excluding carboxylic acids is 1. The summed E-state index contributed by atoms with van der Waals surface area (Å²) in [5.74, 6) is 1.90. The fourth-order valence-electron chi connectivity index (χ4n) is 3.58. The molecule has 1 aromatic rings. The van der Waals surface area contributed by atoms with Crippen molar-refractivity contribution in [3.8, 4) is 5.75 Å². The molecule has 0 aliphatic carbocycles. The summed E-state index contributed by atoms with van der Waals surface area (Å²) in [5.41, 5.74) is 1.24. The second-order valence-corrected chi connectivity index (χ2v) is 7.32. The number of rotatable bonds is 5. The first-order valence-electron chi connectivity index (χ1n) is 8.76. The number of aryl methyl sites for hydroxylation is 1. The van der Waals surface area contributed by atoms with Gasteiger partial charge in [0, 0.05) is 38.6 Å². The van der Waals surface area contributed by atoms with E-state index >= 15 is 0 Å². The summed E-state index contributed by atoms with van der Waals surface area (Å²) in [6.07, 6.45) is 2.05. The number of piperidine rings is 1. The molecular formula is C19H28N2O2. The van der Waals surface area contributed by atoms with Gasteiger partial charge < -0.3 is 9.64 Å². The molecule has 4 nitrogen and oxygen atoms in total. The summed E-state index contributed by atoms with van der Waals surface area (Å²) < 4.78 is 6.02. The van der Waals surface area contributed by atoms with Crippen molar-refractivity contribution in [2.75, 3.05) is 26.2 Å². The van der Waals surface area contributed by atoms with Crippen molar-refractivity contribution >= 4 is 5.91 Å². The van der Waals surface area contributed by atoms with Crippen molar-refractivity contribution in [3.63, 3.8) is 0 Å². The van der Waals surface area contributed by atoms with E-state index in [0.29, 0.717) is 30.4 Å². The van der Waals surface area contributed by atoms with Gasteiger partial charge in [-0.2, -0.15) is 0 Å². The summed E-state index contributed by atoms with van der Waals surface area (Å²) in [4.78, 5) is 16.4. The van der Waals surface area contributed by atoms with Crippen LogP contribution in [0.1, 0.15) is 32.3 Å². The Morgan fingerprint density at radius 3 is 2.74 bits per heavy atom. The van der Waals surface area contributed by atoms with Gasteiger partial charge in [0.2, 0.25) is 5.91 Å². The maximum absolute atomic E-state index is 11.9. The summed E-state index contributed by atoms with van der Waals surface area (Å²) in [6, 6.07) is 8.57. The first-order chi connectivity index (χ1) is 11.0. The molecule has 2 heterocycles. The highest BCUT2D eigenvalue weighted by Crippen LogP contribution is 2.24. The molecule has 0 N–H and O–H groups in total. The SMILES string of the molecule is Cc1cccc(OC2CN(CC3CCC(=O)N(C(C)C)C3)C2)c1. The zero-order chi connectivity index (χ0) is 16.4. The van der Waals surface area contributed by atoms with E-state index in [9.17, 15) is 4.79 Å². The molecule has 0 saturated carbocycles. The molecule has 126 valence electrons. The van der Waals surface area contributed by atoms with Gasteiger partial charge >= 0.3 is 0 Å². The fraction of sp³-hybridized carbons (Fsp3) is 0.632. The minimum Gasteiger partial charge on any atom is -0.488 e. The average Bonchev–Trinajstić information content (AvgIpc) is 2.46. The van der Waals surface area contributed by atoms with E-state index in [-0.39, 0.29) is 0 Å². The number of hydrogen-bond acceptors (Lipinski definition) is 3. The lowest BCUT2D eigenvalue weighted by Gasteiger charge is -2.43. The van der Waals surface area contributed by atoms with Crippen LogP contribution in [0.3, 0.4) is 0 Å². The Labute approximate surface area is 139 Å². The van der Waals surface area contributed by atoms with Crippen molar-refractivity contribution in [1.82, 2.24) is 9.80 Å². The van der Waals surface area contributed by atoms with Gasteiger partial charge in [-0.1, -0.05) is 12.1 Å². The lowest BCUT2D eigenvalue weighted by Crippen LogP contribution is -2.56. The Morgan fingerprint density at radius 2 is 2.04 bits per heavy atom. The van der Waals surface area contributed by atoms with Gasteiger partial charge in [-0.25, -0.2) is 0 Å². The summed E-state index contributed by atoms with van der Waals surface area (Å²) >= 11 is 0. The van der Waals surface area contributed by atoms with Gasteiger partial charge in [0.15, 0.2) is 0 Å². The third kappa shape index (κ3) is 4.05. The number of benzene rings is 1. The maximum atomic E-state index is 11.9. The molecule has 1 aromatic carbocycles. The Bertz CT molecular complexity index is 552. The van der Waals surface area contributed by atoms with E-state index in [0.717, 1.165) is 38.3 Å². The molecule has 4 heteroatoms. The van der Waals surface area contributed by atoms with Crippen LogP contribution >= 0.6 is 0 Å². The monoisotopic (exact) mass is 316 g/mol. The van der Waals surface area contributed by atoms with Crippen LogP contribution in [0.2, 0.25) is 0 Å². The largest absolute Gasteiger partial charge is 0.488 e. The highest BCUT2D eigenvalue weighted by atomic mass is 16.5. The number of carbonyl (C=O) groups is 1. The Balaban J connectivity index is 1.43. The van der Waals surface area contributed by atoms with Crippen molar-refractivity contribution in [2.45, 2.75) is 45.8 Å². The van der Waals surface area contributed by atoms with Gasteiger partial charge in [0.05, 0.1) is 0 Å². The molecule has 2 saturated heterocycles. The maximum Gasteiger partial charge on any atom is 0.222 e. The smallest absolute Gasteiger partial charge is 0.222 e.